The lowest BCUT2D eigenvalue weighted by atomic mass is 10.1. The summed E-state index contributed by atoms with van der Waals surface area (Å²) in [5.41, 5.74) is 6.52. The van der Waals surface area contributed by atoms with Gasteiger partial charge < -0.3 is 10.5 Å². The van der Waals surface area contributed by atoms with Crippen LogP contribution in [0.1, 0.15) is 0 Å². The third-order valence-electron chi connectivity index (χ3n) is 2.82. The van der Waals surface area contributed by atoms with Gasteiger partial charge in [-0.15, -0.1) is 0 Å². The number of anilines is 1. The molecule has 0 unspecified atom stereocenters. The Kier molecular flexibility index (Phi) is 2.72. The molecule has 0 bridgehead atoms. The van der Waals surface area contributed by atoms with Crippen LogP contribution in [0, 0.1) is 0 Å². The Labute approximate surface area is 110 Å². The molecule has 0 atom stereocenters. The Morgan fingerprint density at radius 3 is 2.53 bits per heavy atom. The van der Waals surface area contributed by atoms with Crippen molar-refractivity contribution in [1.82, 2.24) is 15.0 Å². The van der Waals surface area contributed by atoms with Crippen molar-refractivity contribution in [3.05, 3.63) is 42.5 Å². The maximum atomic E-state index is 5.64. The van der Waals surface area contributed by atoms with Gasteiger partial charge in [0.2, 0.25) is 5.95 Å². The van der Waals surface area contributed by atoms with Crippen LogP contribution in [0.2, 0.25) is 0 Å². The third kappa shape index (κ3) is 2.18. The predicted octanol–water partition coefficient (Wildman–Crippen LogP) is 2.28. The fourth-order valence-electron chi connectivity index (χ4n) is 1.92. The van der Waals surface area contributed by atoms with Crippen LogP contribution >= 0.6 is 0 Å². The highest BCUT2D eigenvalue weighted by Gasteiger charge is 2.07. The number of fused-ring (bicyclic) bond motifs is 1. The van der Waals surface area contributed by atoms with Gasteiger partial charge in [-0.2, -0.15) is 15.0 Å². The van der Waals surface area contributed by atoms with Crippen molar-refractivity contribution in [2.24, 2.45) is 0 Å². The topological polar surface area (TPSA) is 73.9 Å². The molecular weight excluding hydrogens is 240 g/mol. The van der Waals surface area contributed by atoms with Crippen LogP contribution in [-0.2, 0) is 0 Å². The van der Waals surface area contributed by atoms with Crippen molar-refractivity contribution in [2.75, 3.05) is 12.8 Å². The molecule has 1 heterocycles. The van der Waals surface area contributed by atoms with E-state index in [1.807, 2.05) is 36.4 Å². The maximum Gasteiger partial charge on any atom is 0.321 e. The highest BCUT2D eigenvalue weighted by atomic mass is 16.5. The van der Waals surface area contributed by atoms with Gasteiger partial charge in [0.15, 0.2) is 5.82 Å². The zero-order valence-electron chi connectivity index (χ0n) is 10.4. The number of hydrogen-bond acceptors (Lipinski definition) is 5. The van der Waals surface area contributed by atoms with E-state index < -0.39 is 0 Å². The highest BCUT2D eigenvalue weighted by molar-refractivity contribution is 5.86. The summed E-state index contributed by atoms with van der Waals surface area (Å²) in [6, 6.07) is 14.3. The summed E-state index contributed by atoms with van der Waals surface area (Å²) in [5.74, 6) is 0.658. The first-order valence-corrected chi connectivity index (χ1v) is 5.81. The summed E-state index contributed by atoms with van der Waals surface area (Å²) in [6.07, 6.45) is 0. The first-order valence-electron chi connectivity index (χ1n) is 5.81. The molecule has 5 nitrogen and oxygen atoms in total. The number of aromatic nitrogens is 3. The van der Waals surface area contributed by atoms with Crippen molar-refractivity contribution in [2.45, 2.75) is 0 Å². The first kappa shape index (κ1) is 11.4. The van der Waals surface area contributed by atoms with E-state index in [-0.39, 0.29) is 12.0 Å². The van der Waals surface area contributed by atoms with E-state index in [0.29, 0.717) is 5.82 Å². The highest BCUT2D eigenvalue weighted by Crippen LogP contribution is 2.23. The van der Waals surface area contributed by atoms with Crippen LogP contribution in [0.4, 0.5) is 5.95 Å². The minimum atomic E-state index is 0.148. The molecule has 0 fully saturated rings. The van der Waals surface area contributed by atoms with Crippen molar-refractivity contribution in [3.63, 3.8) is 0 Å². The largest absolute Gasteiger partial charge is 0.467 e. The average molecular weight is 252 g/mol. The fraction of sp³-hybridized carbons (Fsp3) is 0.0714. The lowest BCUT2D eigenvalue weighted by Gasteiger charge is -2.05. The van der Waals surface area contributed by atoms with Crippen LogP contribution in [0.5, 0.6) is 6.01 Å². The second-order valence-corrected chi connectivity index (χ2v) is 4.07. The van der Waals surface area contributed by atoms with E-state index in [0.717, 1.165) is 10.9 Å². The summed E-state index contributed by atoms with van der Waals surface area (Å²) in [5, 5.41) is 2.29. The van der Waals surface area contributed by atoms with Crippen molar-refractivity contribution >= 4 is 16.7 Å². The standard InChI is InChI=1S/C14H12N4O/c1-19-14-17-12(16-13(15)18-14)11-7-6-9-4-2-3-5-10(9)8-11/h2-8H,1H3,(H2,15,16,17,18). The predicted molar refractivity (Wildman–Crippen MR) is 73.7 cm³/mol. The van der Waals surface area contributed by atoms with Crippen LogP contribution < -0.4 is 10.5 Å². The molecule has 0 aliphatic carbocycles. The molecule has 0 saturated heterocycles. The van der Waals surface area contributed by atoms with E-state index in [1.54, 1.807) is 0 Å². The van der Waals surface area contributed by atoms with Crippen LogP contribution in [-0.4, -0.2) is 22.1 Å². The van der Waals surface area contributed by atoms with Crippen LogP contribution in [0.3, 0.4) is 0 Å². The van der Waals surface area contributed by atoms with Gasteiger partial charge in [0.25, 0.3) is 0 Å². The summed E-state index contributed by atoms with van der Waals surface area (Å²) >= 11 is 0. The number of rotatable bonds is 2. The van der Waals surface area contributed by atoms with Crippen molar-refractivity contribution in [1.29, 1.82) is 0 Å². The van der Waals surface area contributed by atoms with Gasteiger partial charge in [-0.1, -0.05) is 36.4 Å². The molecule has 1 aromatic heterocycles. The smallest absolute Gasteiger partial charge is 0.321 e. The third-order valence-corrected chi connectivity index (χ3v) is 2.82. The normalized spacial score (nSPS) is 10.6. The second kappa shape index (κ2) is 4.53. The summed E-state index contributed by atoms with van der Waals surface area (Å²) < 4.78 is 5.00. The molecule has 3 aromatic rings. The Morgan fingerprint density at radius 2 is 1.74 bits per heavy atom. The molecule has 2 aromatic carbocycles. The molecule has 0 amide bonds. The van der Waals surface area contributed by atoms with E-state index in [1.165, 1.54) is 12.5 Å². The molecule has 0 aliphatic rings. The van der Waals surface area contributed by atoms with E-state index in [4.69, 9.17) is 10.5 Å². The monoisotopic (exact) mass is 252 g/mol. The lowest BCUT2D eigenvalue weighted by Crippen LogP contribution is -2.02. The van der Waals surface area contributed by atoms with E-state index >= 15 is 0 Å². The Bertz CT molecular complexity index is 742. The molecule has 94 valence electrons. The molecule has 5 heteroatoms. The number of hydrogen-bond donors (Lipinski definition) is 1. The van der Waals surface area contributed by atoms with Gasteiger partial charge in [-0.25, -0.2) is 0 Å². The molecule has 2 N–H and O–H groups in total. The molecule has 3 rings (SSSR count). The first-order chi connectivity index (χ1) is 9.26. The number of nitrogens with zero attached hydrogens (tertiary/aromatic N) is 3. The van der Waals surface area contributed by atoms with Gasteiger partial charge >= 0.3 is 6.01 Å². The van der Waals surface area contributed by atoms with Gasteiger partial charge in [0, 0.05) is 5.56 Å². The van der Waals surface area contributed by atoms with Crippen molar-refractivity contribution in [3.8, 4) is 17.4 Å². The Morgan fingerprint density at radius 1 is 0.947 bits per heavy atom. The summed E-state index contributed by atoms with van der Waals surface area (Å²) in [4.78, 5) is 12.2. The maximum absolute atomic E-state index is 5.64. The number of methoxy groups -OCH3 is 1. The minimum absolute atomic E-state index is 0.148. The zero-order chi connectivity index (χ0) is 13.2. The molecule has 19 heavy (non-hydrogen) atoms. The molecular formula is C14H12N4O. The average Bonchev–Trinajstić information content (AvgIpc) is 2.46. The van der Waals surface area contributed by atoms with E-state index in [9.17, 15) is 0 Å². The van der Waals surface area contributed by atoms with Gasteiger partial charge in [0.05, 0.1) is 7.11 Å². The molecule has 0 spiro atoms. The zero-order valence-corrected chi connectivity index (χ0v) is 10.4. The molecule has 0 radical (unpaired) electrons. The number of ether oxygens (including phenoxy) is 1. The number of benzene rings is 2. The molecule has 0 saturated carbocycles. The minimum Gasteiger partial charge on any atom is -0.467 e. The second-order valence-electron chi connectivity index (χ2n) is 4.07. The molecule has 0 aliphatic heterocycles. The van der Waals surface area contributed by atoms with Crippen molar-refractivity contribution < 1.29 is 4.74 Å². The SMILES string of the molecule is COc1nc(N)nc(-c2ccc3ccccc3c2)n1. The number of nitrogens with two attached hydrogens (primary N) is 1. The Balaban J connectivity index is 2.15. The van der Waals surface area contributed by atoms with Gasteiger partial charge in [-0.05, 0) is 16.8 Å². The Hall–Kier alpha value is -2.69. The lowest BCUT2D eigenvalue weighted by molar-refractivity contribution is 0.379. The van der Waals surface area contributed by atoms with Gasteiger partial charge in [-0.3, -0.25) is 0 Å². The summed E-state index contributed by atoms with van der Waals surface area (Å²) in [7, 11) is 1.50. The summed E-state index contributed by atoms with van der Waals surface area (Å²) in [6.45, 7) is 0. The van der Waals surface area contributed by atoms with Crippen LogP contribution in [0.25, 0.3) is 22.2 Å². The van der Waals surface area contributed by atoms with Gasteiger partial charge in [0.1, 0.15) is 0 Å². The van der Waals surface area contributed by atoms with E-state index in [2.05, 4.69) is 21.0 Å². The fourth-order valence-corrected chi connectivity index (χ4v) is 1.92. The van der Waals surface area contributed by atoms with Crippen LogP contribution in [0.15, 0.2) is 42.5 Å². The number of nitrogen functional groups attached to an aromatic ring is 1. The quantitative estimate of drug-likeness (QED) is 0.757.